The van der Waals surface area contributed by atoms with Crippen molar-refractivity contribution < 1.29 is 19.1 Å². The summed E-state index contributed by atoms with van der Waals surface area (Å²) in [5, 5.41) is 2.90. The molecule has 1 atom stereocenters. The predicted octanol–water partition coefficient (Wildman–Crippen LogP) is 1.58. The van der Waals surface area contributed by atoms with E-state index in [2.05, 4.69) is 16.3 Å². The van der Waals surface area contributed by atoms with Gasteiger partial charge in [-0.25, -0.2) is 0 Å². The van der Waals surface area contributed by atoms with Crippen molar-refractivity contribution in [1.29, 1.82) is 0 Å². The number of methoxy groups -OCH3 is 2. The van der Waals surface area contributed by atoms with Crippen LogP contribution in [-0.4, -0.2) is 74.2 Å². The van der Waals surface area contributed by atoms with Gasteiger partial charge in [0, 0.05) is 39.3 Å². The Labute approximate surface area is 168 Å². The Balaban J connectivity index is 2.11. The molecule has 1 N–H and O–H groups in total. The Hall–Kier alpha value is -2.12. The molecule has 156 valence electrons. The zero-order valence-corrected chi connectivity index (χ0v) is 17.7. The van der Waals surface area contributed by atoms with Crippen LogP contribution in [0.3, 0.4) is 0 Å². The summed E-state index contributed by atoms with van der Waals surface area (Å²) >= 11 is 0. The molecule has 7 nitrogen and oxygen atoms in total. The van der Waals surface area contributed by atoms with Crippen molar-refractivity contribution in [2.75, 3.05) is 40.5 Å². The fourth-order valence-corrected chi connectivity index (χ4v) is 3.59. The van der Waals surface area contributed by atoms with Gasteiger partial charge in [0.15, 0.2) is 0 Å². The summed E-state index contributed by atoms with van der Waals surface area (Å²) < 4.78 is 10.4. The summed E-state index contributed by atoms with van der Waals surface area (Å²) in [7, 11) is 3.28. The van der Waals surface area contributed by atoms with Gasteiger partial charge in [-0.3, -0.25) is 14.5 Å². The van der Waals surface area contributed by atoms with Crippen LogP contribution in [0.2, 0.25) is 0 Å². The molecule has 0 aromatic heterocycles. The van der Waals surface area contributed by atoms with Crippen LogP contribution in [0.5, 0.6) is 5.75 Å². The second-order valence-electron chi connectivity index (χ2n) is 7.46. The maximum Gasteiger partial charge on any atom is 0.237 e. The fraction of sp³-hybridized carbons (Fsp3) is 0.619. The number of aryl methyl sites for hydroxylation is 1. The van der Waals surface area contributed by atoms with Crippen molar-refractivity contribution in [3.63, 3.8) is 0 Å². The van der Waals surface area contributed by atoms with Gasteiger partial charge in [-0.2, -0.15) is 0 Å². The molecule has 0 spiro atoms. The second kappa shape index (κ2) is 10.4. The number of nitrogens with one attached hydrogen (secondary N) is 1. The summed E-state index contributed by atoms with van der Waals surface area (Å²) in [6.45, 7) is 8.90. The first-order valence-electron chi connectivity index (χ1n) is 9.81. The molecule has 1 saturated heterocycles. The van der Waals surface area contributed by atoms with Gasteiger partial charge in [0.2, 0.25) is 11.8 Å². The van der Waals surface area contributed by atoms with Gasteiger partial charge in [0.25, 0.3) is 0 Å². The van der Waals surface area contributed by atoms with E-state index < -0.39 is 6.04 Å². The molecular formula is C21H33N3O4. The van der Waals surface area contributed by atoms with Gasteiger partial charge in [0.05, 0.1) is 26.2 Å². The van der Waals surface area contributed by atoms with Crippen LogP contribution in [0, 0.1) is 6.92 Å². The summed E-state index contributed by atoms with van der Waals surface area (Å²) in [6.07, 6.45) is 0.170. The Bertz CT molecular complexity index is 678. The summed E-state index contributed by atoms with van der Waals surface area (Å²) in [5.74, 6) is 0.739. The first kappa shape index (κ1) is 22.2. The summed E-state index contributed by atoms with van der Waals surface area (Å²) in [6, 6.07) is 5.62. The highest BCUT2D eigenvalue weighted by molar-refractivity contribution is 5.89. The molecule has 1 aromatic rings. The lowest BCUT2D eigenvalue weighted by molar-refractivity contribution is -0.140. The number of piperazine rings is 1. The first-order chi connectivity index (χ1) is 13.4. The highest BCUT2D eigenvalue weighted by atomic mass is 16.5. The molecule has 0 radical (unpaired) electrons. The van der Waals surface area contributed by atoms with Crippen molar-refractivity contribution in [1.82, 2.24) is 15.1 Å². The minimum atomic E-state index is -0.465. The number of amides is 2. The third-order valence-electron chi connectivity index (χ3n) is 5.13. The van der Waals surface area contributed by atoms with E-state index in [9.17, 15) is 9.59 Å². The van der Waals surface area contributed by atoms with Gasteiger partial charge in [-0.05, 0) is 38.0 Å². The number of carbonyl (C=O) groups is 2. The molecule has 28 heavy (non-hydrogen) atoms. The van der Waals surface area contributed by atoms with Crippen molar-refractivity contribution in [2.45, 2.75) is 45.8 Å². The van der Waals surface area contributed by atoms with Crippen LogP contribution < -0.4 is 10.1 Å². The van der Waals surface area contributed by atoms with Gasteiger partial charge in [-0.15, -0.1) is 0 Å². The van der Waals surface area contributed by atoms with Crippen molar-refractivity contribution >= 4 is 11.8 Å². The number of ether oxygens (including phenoxy) is 2. The monoisotopic (exact) mass is 391 g/mol. The van der Waals surface area contributed by atoms with Crippen molar-refractivity contribution in [3.8, 4) is 5.75 Å². The van der Waals surface area contributed by atoms with Crippen LogP contribution in [0.25, 0.3) is 0 Å². The van der Waals surface area contributed by atoms with E-state index in [0.717, 1.165) is 16.9 Å². The number of carbonyl (C=O) groups excluding carboxylic acids is 2. The lowest BCUT2D eigenvalue weighted by atomic mass is 10.0. The van der Waals surface area contributed by atoms with Crippen LogP contribution >= 0.6 is 0 Å². The molecular weight excluding hydrogens is 358 g/mol. The quantitative estimate of drug-likeness (QED) is 0.692. The third kappa shape index (κ3) is 5.69. The van der Waals surface area contributed by atoms with E-state index in [1.807, 2.05) is 32.9 Å². The molecule has 1 fully saturated rings. The second-order valence-corrected chi connectivity index (χ2v) is 7.46. The highest BCUT2D eigenvalue weighted by Gasteiger charge is 2.33. The molecule has 2 amide bonds. The van der Waals surface area contributed by atoms with Gasteiger partial charge in [-0.1, -0.05) is 12.1 Å². The molecule has 0 bridgehead atoms. The van der Waals surface area contributed by atoms with E-state index in [-0.39, 0.29) is 24.3 Å². The zero-order chi connectivity index (χ0) is 20.7. The van der Waals surface area contributed by atoms with E-state index in [1.165, 1.54) is 0 Å². The van der Waals surface area contributed by atoms with E-state index >= 15 is 0 Å². The van der Waals surface area contributed by atoms with E-state index in [0.29, 0.717) is 32.8 Å². The standard InChI is InChI=1S/C21H33N3O4/c1-15(2)24(10-11-27-4)20(25)13-18-21(26)22-8-9-23(18)14-17-6-7-19(28-5)16(3)12-17/h6-7,12,15,18H,8-11,13-14H2,1-5H3,(H,22,26). The lowest BCUT2D eigenvalue weighted by Gasteiger charge is -2.36. The number of hydrogen-bond donors (Lipinski definition) is 1. The molecule has 1 aromatic carbocycles. The largest absolute Gasteiger partial charge is 0.496 e. The summed E-state index contributed by atoms with van der Waals surface area (Å²) in [5.41, 5.74) is 2.16. The van der Waals surface area contributed by atoms with Crippen LogP contribution in [0.15, 0.2) is 18.2 Å². The number of benzene rings is 1. The van der Waals surface area contributed by atoms with Gasteiger partial charge < -0.3 is 19.7 Å². The average Bonchev–Trinajstić information content (AvgIpc) is 2.65. The molecule has 1 unspecified atom stereocenters. The molecule has 1 aliphatic heterocycles. The zero-order valence-electron chi connectivity index (χ0n) is 17.7. The van der Waals surface area contributed by atoms with Crippen LogP contribution in [-0.2, 0) is 20.9 Å². The van der Waals surface area contributed by atoms with Gasteiger partial charge >= 0.3 is 0 Å². The summed E-state index contributed by atoms with van der Waals surface area (Å²) in [4.78, 5) is 29.3. The predicted molar refractivity (Wildman–Crippen MR) is 108 cm³/mol. The lowest BCUT2D eigenvalue weighted by Crippen LogP contribution is -2.56. The van der Waals surface area contributed by atoms with E-state index in [4.69, 9.17) is 9.47 Å². The number of hydrogen-bond acceptors (Lipinski definition) is 5. The molecule has 7 heteroatoms. The normalized spacial score (nSPS) is 17.5. The first-order valence-corrected chi connectivity index (χ1v) is 9.81. The van der Waals surface area contributed by atoms with Crippen molar-refractivity contribution in [3.05, 3.63) is 29.3 Å². The van der Waals surface area contributed by atoms with Crippen LogP contribution in [0.1, 0.15) is 31.4 Å². The SMILES string of the molecule is COCCN(C(=O)CC1C(=O)NCCN1Cc1ccc(OC)c(C)c1)C(C)C. The Kier molecular flexibility index (Phi) is 8.26. The average molecular weight is 392 g/mol. The fourth-order valence-electron chi connectivity index (χ4n) is 3.59. The minimum absolute atomic E-state index is 0.0231. The number of nitrogens with zero attached hydrogens (tertiary/aromatic N) is 2. The molecule has 0 aliphatic carbocycles. The smallest absolute Gasteiger partial charge is 0.237 e. The van der Waals surface area contributed by atoms with Crippen LogP contribution in [0.4, 0.5) is 0 Å². The molecule has 0 saturated carbocycles. The maximum absolute atomic E-state index is 12.9. The van der Waals surface area contributed by atoms with Gasteiger partial charge in [0.1, 0.15) is 5.75 Å². The third-order valence-corrected chi connectivity index (χ3v) is 5.13. The highest BCUT2D eigenvalue weighted by Crippen LogP contribution is 2.21. The van der Waals surface area contributed by atoms with Crippen molar-refractivity contribution in [2.24, 2.45) is 0 Å². The Morgan fingerprint density at radius 2 is 2.11 bits per heavy atom. The Morgan fingerprint density at radius 3 is 2.71 bits per heavy atom. The molecule has 1 heterocycles. The maximum atomic E-state index is 12.9. The number of rotatable bonds is 9. The van der Waals surface area contributed by atoms with E-state index in [1.54, 1.807) is 19.1 Å². The molecule has 2 rings (SSSR count). The topological polar surface area (TPSA) is 71.1 Å². The minimum Gasteiger partial charge on any atom is -0.496 e. The Morgan fingerprint density at radius 1 is 1.36 bits per heavy atom. The molecule has 1 aliphatic rings.